The Morgan fingerprint density at radius 1 is 1.25 bits per heavy atom. The zero-order chi connectivity index (χ0) is 9.35. The molecule has 0 saturated heterocycles. The largest absolute Gasteiger partial charge is 0.244 e. The predicted octanol–water partition coefficient (Wildman–Crippen LogP) is 3.69. The lowest BCUT2D eigenvalue weighted by molar-refractivity contribution is 0.588. The van der Waals surface area contributed by atoms with E-state index in [1.807, 2.05) is 0 Å². The number of nitrogens with zero attached hydrogens (tertiary/aromatic N) is 1. The van der Waals surface area contributed by atoms with Crippen LogP contribution in [0.2, 0.25) is 10.2 Å². The van der Waals surface area contributed by atoms with E-state index < -0.39 is 0 Å². The van der Waals surface area contributed by atoms with E-state index in [0.29, 0.717) is 10.2 Å². The molecular weight excluding hydrogens is 193 g/mol. The predicted molar refractivity (Wildman–Crippen MR) is 53.0 cm³/mol. The van der Waals surface area contributed by atoms with E-state index in [4.69, 9.17) is 23.2 Å². The standard InChI is InChI=1S/C9H11Cl2N/c1-9(2,3)7-6(10)4-5-12-8(7)11/h4-5H,1-3H3. The molecule has 1 nitrogen and oxygen atoms in total. The van der Waals surface area contributed by atoms with Gasteiger partial charge in [0, 0.05) is 16.8 Å². The highest BCUT2D eigenvalue weighted by Crippen LogP contribution is 2.33. The number of hydrogen-bond donors (Lipinski definition) is 0. The second-order valence-electron chi connectivity index (χ2n) is 3.71. The van der Waals surface area contributed by atoms with Gasteiger partial charge in [-0.15, -0.1) is 0 Å². The molecule has 0 aliphatic rings. The molecule has 1 aromatic rings. The van der Waals surface area contributed by atoms with Crippen molar-refractivity contribution in [2.75, 3.05) is 0 Å². The van der Waals surface area contributed by atoms with Gasteiger partial charge in [-0.1, -0.05) is 44.0 Å². The van der Waals surface area contributed by atoms with Crippen LogP contribution < -0.4 is 0 Å². The van der Waals surface area contributed by atoms with Crippen molar-refractivity contribution in [2.24, 2.45) is 0 Å². The van der Waals surface area contributed by atoms with Crippen molar-refractivity contribution >= 4 is 23.2 Å². The van der Waals surface area contributed by atoms with Gasteiger partial charge in [-0.25, -0.2) is 4.98 Å². The highest BCUT2D eigenvalue weighted by atomic mass is 35.5. The first-order valence-corrected chi connectivity index (χ1v) is 4.49. The Bertz CT molecular complexity index is 269. The third kappa shape index (κ3) is 1.90. The third-order valence-corrected chi connectivity index (χ3v) is 2.21. The van der Waals surface area contributed by atoms with Crippen LogP contribution in [0.3, 0.4) is 0 Å². The topological polar surface area (TPSA) is 12.9 Å². The monoisotopic (exact) mass is 203 g/mol. The second kappa shape index (κ2) is 3.23. The smallest absolute Gasteiger partial charge is 0.134 e. The van der Waals surface area contributed by atoms with E-state index in [1.165, 1.54) is 0 Å². The van der Waals surface area contributed by atoms with Gasteiger partial charge in [0.25, 0.3) is 0 Å². The minimum Gasteiger partial charge on any atom is -0.244 e. The molecule has 0 bridgehead atoms. The number of aromatic nitrogens is 1. The summed E-state index contributed by atoms with van der Waals surface area (Å²) in [6.45, 7) is 6.17. The van der Waals surface area contributed by atoms with Gasteiger partial charge in [-0.05, 0) is 11.5 Å². The lowest BCUT2D eigenvalue weighted by atomic mass is 9.88. The first-order valence-electron chi connectivity index (χ1n) is 3.73. The van der Waals surface area contributed by atoms with Crippen molar-refractivity contribution in [3.05, 3.63) is 28.0 Å². The average molecular weight is 204 g/mol. The van der Waals surface area contributed by atoms with Gasteiger partial charge in [0.15, 0.2) is 0 Å². The summed E-state index contributed by atoms with van der Waals surface area (Å²) in [7, 11) is 0. The van der Waals surface area contributed by atoms with Gasteiger partial charge in [0.2, 0.25) is 0 Å². The van der Waals surface area contributed by atoms with Crippen LogP contribution in [-0.2, 0) is 5.41 Å². The second-order valence-corrected chi connectivity index (χ2v) is 4.47. The molecule has 12 heavy (non-hydrogen) atoms. The summed E-state index contributed by atoms with van der Waals surface area (Å²) in [6, 6.07) is 1.76. The van der Waals surface area contributed by atoms with Crippen LogP contribution in [0.25, 0.3) is 0 Å². The fraction of sp³-hybridized carbons (Fsp3) is 0.444. The highest BCUT2D eigenvalue weighted by molar-refractivity contribution is 6.35. The molecule has 0 amide bonds. The minimum absolute atomic E-state index is 0.0531. The van der Waals surface area contributed by atoms with Crippen molar-refractivity contribution in [3.8, 4) is 0 Å². The molecule has 3 heteroatoms. The summed E-state index contributed by atoms with van der Waals surface area (Å²) in [5.41, 5.74) is 0.857. The van der Waals surface area contributed by atoms with E-state index in [0.717, 1.165) is 5.56 Å². The van der Waals surface area contributed by atoms with Gasteiger partial charge < -0.3 is 0 Å². The Hall–Kier alpha value is -0.270. The molecular formula is C9H11Cl2N. The molecule has 0 fully saturated rings. The van der Waals surface area contributed by atoms with Crippen LogP contribution in [0.4, 0.5) is 0 Å². The summed E-state index contributed by atoms with van der Waals surface area (Å²) in [6.07, 6.45) is 1.61. The number of hydrogen-bond acceptors (Lipinski definition) is 1. The Morgan fingerprint density at radius 3 is 2.17 bits per heavy atom. The molecule has 1 rings (SSSR count). The first kappa shape index (κ1) is 9.82. The average Bonchev–Trinajstić information content (AvgIpc) is 1.82. The van der Waals surface area contributed by atoms with Crippen LogP contribution in [0.15, 0.2) is 12.3 Å². The molecule has 1 aromatic heterocycles. The zero-order valence-corrected chi connectivity index (χ0v) is 8.87. The van der Waals surface area contributed by atoms with Gasteiger partial charge >= 0.3 is 0 Å². The quantitative estimate of drug-likeness (QED) is 0.587. The van der Waals surface area contributed by atoms with Crippen LogP contribution in [0, 0.1) is 0 Å². The van der Waals surface area contributed by atoms with Crippen molar-refractivity contribution in [3.63, 3.8) is 0 Å². The maximum Gasteiger partial charge on any atom is 0.134 e. The summed E-state index contributed by atoms with van der Waals surface area (Å²) >= 11 is 11.9. The maximum absolute atomic E-state index is 5.99. The molecule has 0 aliphatic heterocycles. The molecule has 0 N–H and O–H groups in total. The SMILES string of the molecule is CC(C)(C)c1c(Cl)ccnc1Cl. The molecule has 0 atom stereocenters. The Kier molecular flexibility index (Phi) is 2.64. The van der Waals surface area contributed by atoms with Crippen molar-refractivity contribution in [1.29, 1.82) is 0 Å². The van der Waals surface area contributed by atoms with Gasteiger partial charge in [-0.2, -0.15) is 0 Å². The van der Waals surface area contributed by atoms with Crippen LogP contribution in [0.5, 0.6) is 0 Å². The normalized spacial score (nSPS) is 11.8. The molecule has 66 valence electrons. The Morgan fingerprint density at radius 2 is 1.83 bits per heavy atom. The highest BCUT2D eigenvalue weighted by Gasteiger charge is 2.20. The summed E-state index contributed by atoms with van der Waals surface area (Å²) in [5, 5.41) is 1.18. The molecule has 1 heterocycles. The van der Waals surface area contributed by atoms with Crippen molar-refractivity contribution < 1.29 is 0 Å². The van der Waals surface area contributed by atoms with Crippen molar-refractivity contribution in [2.45, 2.75) is 26.2 Å². The molecule has 0 spiro atoms. The van der Waals surface area contributed by atoms with Crippen LogP contribution in [0.1, 0.15) is 26.3 Å². The van der Waals surface area contributed by atoms with Crippen LogP contribution >= 0.6 is 23.2 Å². The number of rotatable bonds is 0. The molecule has 0 unspecified atom stereocenters. The van der Waals surface area contributed by atoms with E-state index >= 15 is 0 Å². The Balaban J connectivity index is 3.31. The number of halogens is 2. The van der Waals surface area contributed by atoms with Gasteiger partial charge in [0.05, 0.1) is 0 Å². The first-order chi connectivity index (χ1) is 5.43. The zero-order valence-electron chi connectivity index (χ0n) is 7.36. The maximum atomic E-state index is 5.99. The fourth-order valence-corrected chi connectivity index (χ4v) is 2.00. The van der Waals surface area contributed by atoms with Gasteiger partial charge in [-0.3, -0.25) is 0 Å². The van der Waals surface area contributed by atoms with E-state index in [9.17, 15) is 0 Å². The molecule has 0 aromatic carbocycles. The van der Waals surface area contributed by atoms with E-state index in [2.05, 4.69) is 25.8 Å². The summed E-state index contributed by atoms with van der Waals surface area (Å²) < 4.78 is 0. The molecule has 0 saturated carbocycles. The molecule has 0 radical (unpaired) electrons. The van der Waals surface area contributed by atoms with Crippen LogP contribution in [-0.4, -0.2) is 4.98 Å². The lowest BCUT2D eigenvalue weighted by Gasteiger charge is -2.20. The van der Waals surface area contributed by atoms with Crippen molar-refractivity contribution in [1.82, 2.24) is 4.98 Å². The minimum atomic E-state index is -0.0531. The summed E-state index contributed by atoms with van der Waals surface area (Å²) in [4.78, 5) is 3.99. The Labute approximate surface area is 82.7 Å². The van der Waals surface area contributed by atoms with E-state index in [-0.39, 0.29) is 5.41 Å². The number of pyridine rings is 1. The third-order valence-electron chi connectivity index (χ3n) is 1.60. The molecule has 0 aliphatic carbocycles. The van der Waals surface area contributed by atoms with Gasteiger partial charge in [0.1, 0.15) is 5.15 Å². The summed E-state index contributed by atoms with van der Waals surface area (Å²) in [5.74, 6) is 0. The lowest BCUT2D eigenvalue weighted by Crippen LogP contribution is -2.13. The van der Waals surface area contributed by atoms with E-state index in [1.54, 1.807) is 12.3 Å². The fourth-order valence-electron chi connectivity index (χ4n) is 1.08.